The number of nitrogens with one attached hydrogen (secondary N) is 1. The first-order valence-corrected chi connectivity index (χ1v) is 8.98. The fraction of sp³-hybridized carbons (Fsp3) is 0.182. The Bertz CT molecular complexity index is 823. The summed E-state index contributed by atoms with van der Waals surface area (Å²) in [5, 5.41) is 14.2. The van der Waals surface area contributed by atoms with E-state index in [0.29, 0.717) is 24.7 Å². The maximum atomic E-state index is 10.2. The van der Waals surface area contributed by atoms with Gasteiger partial charge in [-0.15, -0.1) is 0 Å². The van der Waals surface area contributed by atoms with Crippen molar-refractivity contribution in [1.29, 1.82) is 0 Å². The van der Waals surface area contributed by atoms with Gasteiger partial charge in [-0.3, -0.25) is 0 Å². The van der Waals surface area contributed by atoms with E-state index in [1.807, 2.05) is 78.9 Å². The Morgan fingerprint density at radius 3 is 2.46 bits per heavy atom. The van der Waals surface area contributed by atoms with Crippen molar-refractivity contribution >= 4 is 11.6 Å². The van der Waals surface area contributed by atoms with Gasteiger partial charge < -0.3 is 15.2 Å². The molecule has 0 bridgehead atoms. The highest BCUT2D eigenvalue weighted by Gasteiger charge is 2.06. The highest BCUT2D eigenvalue weighted by atomic mass is 35.5. The second kappa shape index (κ2) is 9.39. The predicted octanol–water partition coefficient (Wildman–Crippen LogP) is 4.74. The molecule has 0 saturated carbocycles. The van der Waals surface area contributed by atoms with Gasteiger partial charge in [0.2, 0.25) is 0 Å². The summed E-state index contributed by atoms with van der Waals surface area (Å²) in [5.41, 5.74) is 3.06. The predicted molar refractivity (Wildman–Crippen MR) is 105 cm³/mol. The number of ether oxygens (including phenoxy) is 1. The molecule has 1 atom stereocenters. The third-order valence-electron chi connectivity index (χ3n) is 4.04. The summed E-state index contributed by atoms with van der Waals surface area (Å²) in [6, 6.07) is 25.3. The van der Waals surface area contributed by atoms with Gasteiger partial charge in [-0.1, -0.05) is 66.2 Å². The number of hydrogen-bond donors (Lipinski definition) is 2. The Morgan fingerprint density at radius 1 is 0.885 bits per heavy atom. The lowest BCUT2D eigenvalue weighted by atomic mass is 10.1. The van der Waals surface area contributed by atoms with Gasteiger partial charge in [0.25, 0.3) is 0 Å². The highest BCUT2D eigenvalue weighted by molar-refractivity contribution is 6.30. The smallest absolute Gasteiger partial charge is 0.120 e. The van der Waals surface area contributed by atoms with Gasteiger partial charge in [0.05, 0.1) is 6.10 Å². The van der Waals surface area contributed by atoms with Gasteiger partial charge in [-0.05, 0) is 41.0 Å². The van der Waals surface area contributed by atoms with Gasteiger partial charge in [0, 0.05) is 18.1 Å². The first kappa shape index (κ1) is 18.5. The number of benzene rings is 3. The summed E-state index contributed by atoms with van der Waals surface area (Å²) in [5.74, 6) is 0.813. The fourth-order valence-electron chi connectivity index (χ4n) is 2.68. The molecular weight excluding hydrogens is 346 g/mol. The molecule has 3 aromatic carbocycles. The van der Waals surface area contributed by atoms with Crippen LogP contribution in [0, 0.1) is 0 Å². The van der Waals surface area contributed by atoms with Crippen molar-refractivity contribution in [3.05, 3.63) is 101 Å². The summed E-state index contributed by atoms with van der Waals surface area (Å²) in [6.45, 7) is 1.64. The van der Waals surface area contributed by atoms with Crippen molar-refractivity contribution < 1.29 is 9.84 Å². The van der Waals surface area contributed by atoms with Crippen LogP contribution in [0.1, 0.15) is 22.8 Å². The van der Waals surface area contributed by atoms with E-state index in [2.05, 4.69) is 5.32 Å². The quantitative estimate of drug-likeness (QED) is 0.604. The van der Waals surface area contributed by atoms with Gasteiger partial charge >= 0.3 is 0 Å². The highest BCUT2D eigenvalue weighted by Crippen LogP contribution is 2.17. The second-order valence-electron chi connectivity index (χ2n) is 6.12. The van der Waals surface area contributed by atoms with Crippen LogP contribution in [-0.2, 0) is 13.2 Å². The molecule has 0 heterocycles. The van der Waals surface area contributed by atoms with Crippen LogP contribution in [0.5, 0.6) is 5.75 Å². The summed E-state index contributed by atoms with van der Waals surface area (Å²) in [6.07, 6.45) is -0.515. The molecule has 0 radical (unpaired) electrons. The topological polar surface area (TPSA) is 41.5 Å². The van der Waals surface area contributed by atoms with E-state index in [0.717, 1.165) is 22.4 Å². The Kier molecular flexibility index (Phi) is 6.67. The van der Waals surface area contributed by atoms with Crippen LogP contribution in [-0.4, -0.2) is 11.7 Å². The SMILES string of the molecule is O[C@H](CNCc1cccc(OCc2cccc(Cl)c2)c1)c1ccccc1. The van der Waals surface area contributed by atoms with E-state index in [9.17, 15) is 5.11 Å². The Balaban J connectivity index is 1.49. The summed E-state index contributed by atoms with van der Waals surface area (Å²) in [4.78, 5) is 0. The first-order valence-electron chi connectivity index (χ1n) is 8.60. The van der Waals surface area contributed by atoms with Crippen molar-refractivity contribution in [3.8, 4) is 5.75 Å². The van der Waals surface area contributed by atoms with Crippen LogP contribution < -0.4 is 10.1 Å². The van der Waals surface area contributed by atoms with Gasteiger partial charge in [0.15, 0.2) is 0 Å². The van der Waals surface area contributed by atoms with E-state index < -0.39 is 6.10 Å². The normalized spacial score (nSPS) is 11.9. The number of aliphatic hydroxyl groups is 1. The van der Waals surface area contributed by atoms with Gasteiger partial charge in [0.1, 0.15) is 12.4 Å². The molecule has 0 aliphatic heterocycles. The lowest BCUT2D eigenvalue weighted by Crippen LogP contribution is -2.21. The molecule has 0 aliphatic carbocycles. The molecule has 0 saturated heterocycles. The van der Waals surface area contributed by atoms with Crippen LogP contribution in [0.2, 0.25) is 5.02 Å². The molecule has 0 unspecified atom stereocenters. The molecule has 0 aliphatic rings. The van der Waals surface area contributed by atoms with Gasteiger partial charge in [-0.25, -0.2) is 0 Å². The summed E-state index contributed by atoms with van der Waals surface area (Å²) < 4.78 is 5.85. The van der Waals surface area contributed by atoms with Crippen LogP contribution >= 0.6 is 11.6 Å². The molecule has 0 amide bonds. The number of hydrogen-bond acceptors (Lipinski definition) is 3. The Morgan fingerprint density at radius 2 is 1.65 bits per heavy atom. The zero-order valence-electron chi connectivity index (χ0n) is 14.4. The molecule has 4 heteroatoms. The summed E-state index contributed by atoms with van der Waals surface area (Å²) in [7, 11) is 0. The largest absolute Gasteiger partial charge is 0.489 e. The number of aliphatic hydroxyl groups excluding tert-OH is 1. The van der Waals surface area contributed by atoms with Crippen molar-refractivity contribution in [1.82, 2.24) is 5.32 Å². The fourth-order valence-corrected chi connectivity index (χ4v) is 2.90. The average molecular weight is 368 g/mol. The maximum absolute atomic E-state index is 10.2. The minimum absolute atomic E-state index is 0.476. The number of halogens is 1. The molecule has 26 heavy (non-hydrogen) atoms. The van der Waals surface area contributed by atoms with E-state index in [-0.39, 0.29) is 0 Å². The molecule has 0 aromatic heterocycles. The lowest BCUT2D eigenvalue weighted by Gasteiger charge is -2.13. The minimum Gasteiger partial charge on any atom is -0.489 e. The van der Waals surface area contributed by atoms with E-state index >= 15 is 0 Å². The van der Waals surface area contributed by atoms with Crippen molar-refractivity contribution in [2.45, 2.75) is 19.3 Å². The zero-order chi connectivity index (χ0) is 18.2. The van der Waals surface area contributed by atoms with Crippen LogP contribution in [0.15, 0.2) is 78.9 Å². The maximum Gasteiger partial charge on any atom is 0.120 e. The third-order valence-corrected chi connectivity index (χ3v) is 4.28. The van der Waals surface area contributed by atoms with E-state index in [1.54, 1.807) is 0 Å². The van der Waals surface area contributed by atoms with Crippen molar-refractivity contribution in [3.63, 3.8) is 0 Å². The standard InChI is InChI=1S/C22H22ClNO2/c23-20-10-4-7-18(12-20)16-26-21-11-5-6-17(13-21)14-24-15-22(25)19-8-2-1-3-9-19/h1-13,22,24-25H,14-16H2/t22-/m1/s1. The van der Waals surface area contributed by atoms with E-state index in [1.165, 1.54) is 0 Å². The third kappa shape index (κ3) is 5.60. The van der Waals surface area contributed by atoms with Crippen molar-refractivity contribution in [2.75, 3.05) is 6.54 Å². The molecule has 0 spiro atoms. The second-order valence-corrected chi connectivity index (χ2v) is 6.56. The molecule has 3 rings (SSSR count). The van der Waals surface area contributed by atoms with Gasteiger partial charge in [-0.2, -0.15) is 0 Å². The molecule has 3 aromatic rings. The van der Waals surface area contributed by atoms with Crippen LogP contribution in [0.25, 0.3) is 0 Å². The van der Waals surface area contributed by atoms with Crippen LogP contribution in [0.4, 0.5) is 0 Å². The lowest BCUT2D eigenvalue weighted by molar-refractivity contribution is 0.174. The molecule has 3 nitrogen and oxygen atoms in total. The van der Waals surface area contributed by atoms with Crippen LogP contribution in [0.3, 0.4) is 0 Å². The Labute approximate surface area is 159 Å². The van der Waals surface area contributed by atoms with Crippen molar-refractivity contribution in [2.24, 2.45) is 0 Å². The molecule has 134 valence electrons. The zero-order valence-corrected chi connectivity index (χ0v) is 15.2. The monoisotopic (exact) mass is 367 g/mol. The molecule has 2 N–H and O–H groups in total. The Hall–Kier alpha value is -2.33. The minimum atomic E-state index is -0.515. The van der Waals surface area contributed by atoms with E-state index in [4.69, 9.17) is 16.3 Å². The molecule has 0 fully saturated rings. The summed E-state index contributed by atoms with van der Waals surface area (Å²) >= 11 is 5.99. The molecular formula is C22H22ClNO2. The number of rotatable bonds is 8. The average Bonchev–Trinajstić information content (AvgIpc) is 2.67. The first-order chi connectivity index (χ1) is 12.7.